The van der Waals surface area contributed by atoms with Gasteiger partial charge in [-0.3, -0.25) is 0 Å². The van der Waals surface area contributed by atoms with Gasteiger partial charge in [0.15, 0.2) is 6.61 Å². The van der Waals surface area contributed by atoms with Crippen LogP contribution in [0.4, 0.5) is 0 Å². The highest BCUT2D eigenvalue weighted by molar-refractivity contribution is 9.10. The summed E-state index contributed by atoms with van der Waals surface area (Å²) in [4.78, 5) is 2.53. The summed E-state index contributed by atoms with van der Waals surface area (Å²) in [6.45, 7) is 3.89. The van der Waals surface area contributed by atoms with Crippen molar-refractivity contribution >= 4 is 27.7 Å². The number of halogens is 1. The van der Waals surface area contributed by atoms with Crippen molar-refractivity contribution in [2.45, 2.75) is 18.8 Å². The summed E-state index contributed by atoms with van der Waals surface area (Å²) in [6, 6.07) is 7.95. The first-order valence-corrected chi connectivity index (χ1v) is 9.74. The first-order chi connectivity index (χ1) is 11.8. The van der Waals surface area contributed by atoms with Crippen molar-refractivity contribution in [3.63, 3.8) is 0 Å². The maximum Gasteiger partial charge on any atom is 0.250 e. The largest absolute Gasteiger partial charge is 0.463 e. The number of aromatic nitrogens is 2. The summed E-state index contributed by atoms with van der Waals surface area (Å²) in [5.41, 5.74) is 2.01. The third-order valence-corrected chi connectivity index (χ3v) is 5.85. The molecule has 0 saturated carbocycles. The molecule has 5 rings (SSSR count). The van der Waals surface area contributed by atoms with Crippen LogP contribution in [0.1, 0.15) is 30.0 Å². The second-order valence-corrected chi connectivity index (χ2v) is 7.74. The van der Waals surface area contributed by atoms with Crippen molar-refractivity contribution in [3.8, 4) is 17.7 Å². The zero-order valence-corrected chi connectivity index (χ0v) is 15.6. The Kier molecular flexibility index (Phi) is 4.83. The Labute approximate surface area is 154 Å². The highest BCUT2D eigenvalue weighted by atomic mass is 79.9. The third-order valence-electron chi connectivity index (χ3n) is 4.83. The zero-order valence-electron chi connectivity index (χ0n) is 13.2. The van der Waals surface area contributed by atoms with Gasteiger partial charge in [0.05, 0.1) is 11.7 Å². The summed E-state index contributed by atoms with van der Waals surface area (Å²) in [7, 11) is 0. The van der Waals surface area contributed by atoms with Crippen molar-refractivity contribution < 1.29 is 4.74 Å². The molecule has 1 aromatic heterocycles. The molecule has 6 heteroatoms. The molecule has 0 N–H and O–H groups in total. The first-order valence-electron chi connectivity index (χ1n) is 8.21. The van der Waals surface area contributed by atoms with Gasteiger partial charge < -0.3 is 9.64 Å². The Balaban J connectivity index is 1.41. The number of fused-ring (bicyclic) bond motifs is 3. The molecule has 3 saturated heterocycles. The molecular formula is C18H18BrN3OS. The summed E-state index contributed by atoms with van der Waals surface area (Å²) in [5, 5.41) is 0. The van der Waals surface area contributed by atoms with E-state index >= 15 is 0 Å². The van der Waals surface area contributed by atoms with E-state index in [2.05, 4.69) is 41.4 Å². The molecule has 3 fully saturated rings. The Morgan fingerprint density at radius 2 is 2.17 bits per heavy atom. The van der Waals surface area contributed by atoms with Crippen LogP contribution in [0.5, 0.6) is 5.88 Å². The zero-order chi connectivity index (χ0) is 16.4. The van der Waals surface area contributed by atoms with Crippen molar-refractivity contribution in [2.24, 2.45) is 5.92 Å². The van der Waals surface area contributed by atoms with Gasteiger partial charge in [0.25, 0.3) is 0 Å². The molecule has 0 aliphatic carbocycles. The molecule has 1 atom stereocenters. The van der Waals surface area contributed by atoms with Crippen LogP contribution in [0.15, 0.2) is 28.7 Å². The quantitative estimate of drug-likeness (QED) is 0.734. The lowest BCUT2D eigenvalue weighted by Crippen LogP contribution is -2.46. The van der Waals surface area contributed by atoms with Crippen molar-refractivity contribution in [2.75, 3.05) is 26.2 Å². The maximum absolute atomic E-state index is 5.82. The van der Waals surface area contributed by atoms with Gasteiger partial charge >= 0.3 is 0 Å². The van der Waals surface area contributed by atoms with E-state index in [9.17, 15) is 0 Å². The fraction of sp³-hybridized carbons (Fsp3) is 0.444. The molecular weight excluding hydrogens is 386 g/mol. The van der Waals surface area contributed by atoms with Gasteiger partial charge in [-0.05, 0) is 50.0 Å². The van der Waals surface area contributed by atoms with Crippen LogP contribution in [-0.4, -0.2) is 39.9 Å². The normalized spacial score (nSPS) is 25.1. The molecule has 3 aliphatic rings. The number of piperidine rings is 3. The lowest BCUT2D eigenvalue weighted by atomic mass is 9.77. The minimum Gasteiger partial charge on any atom is -0.463 e. The van der Waals surface area contributed by atoms with Crippen LogP contribution in [0.3, 0.4) is 0 Å². The van der Waals surface area contributed by atoms with E-state index in [0.29, 0.717) is 18.4 Å². The van der Waals surface area contributed by atoms with E-state index in [1.54, 1.807) is 0 Å². The van der Waals surface area contributed by atoms with E-state index in [0.717, 1.165) is 28.2 Å². The van der Waals surface area contributed by atoms with Crippen LogP contribution in [0.2, 0.25) is 0 Å². The third kappa shape index (κ3) is 3.49. The van der Waals surface area contributed by atoms with Crippen LogP contribution < -0.4 is 4.74 Å². The number of hydrogen-bond donors (Lipinski definition) is 0. The van der Waals surface area contributed by atoms with Gasteiger partial charge in [-0.25, -0.2) is 0 Å². The lowest BCUT2D eigenvalue weighted by molar-refractivity contribution is 0.0843. The molecule has 124 valence electrons. The minimum absolute atomic E-state index is 0.339. The average Bonchev–Trinajstić information content (AvgIpc) is 3.08. The minimum atomic E-state index is 0.339. The number of rotatable bonds is 3. The number of ether oxygens (including phenoxy) is 1. The van der Waals surface area contributed by atoms with Gasteiger partial charge in [0.2, 0.25) is 5.88 Å². The van der Waals surface area contributed by atoms with Gasteiger partial charge in [-0.15, -0.1) is 4.37 Å². The van der Waals surface area contributed by atoms with E-state index in [4.69, 9.17) is 4.74 Å². The fourth-order valence-corrected chi connectivity index (χ4v) is 4.56. The topological polar surface area (TPSA) is 38.3 Å². The van der Waals surface area contributed by atoms with Gasteiger partial charge in [0, 0.05) is 22.5 Å². The molecule has 24 heavy (non-hydrogen) atoms. The molecule has 1 unspecified atom stereocenters. The van der Waals surface area contributed by atoms with Crippen molar-refractivity contribution in [1.82, 2.24) is 13.6 Å². The molecule has 1 aromatic carbocycles. The standard InChI is InChI=1S/C18H18BrN3OS/c19-15-5-1-3-13(11-15)4-2-10-23-18-17(20-24-21-18)16-12-22-8-6-14(16)7-9-22/h1,3,5,11,14,16H,6-10,12H2. The lowest BCUT2D eigenvalue weighted by Gasteiger charge is -2.44. The molecule has 4 heterocycles. The monoisotopic (exact) mass is 403 g/mol. The predicted molar refractivity (Wildman–Crippen MR) is 98.3 cm³/mol. The van der Waals surface area contributed by atoms with Gasteiger partial charge in [-0.2, -0.15) is 4.37 Å². The highest BCUT2D eigenvalue weighted by Crippen LogP contribution is 2.41. The number of benzene rings is 1. The highest BCUT2D eigenvalue weighted by Gasteiger charge is 2.38. The molecule has 0 amide bonds. The molecule has 2 bridgehead atoms. The Morgan fingerprint density at radius 1 is 1.29 bits per heavy atom. The first kappa shape index (κ1) is 16.1. The van der Waals surface area contributed by atoms with Crippen molar-refractivity contribution in [3.05, 3.63) is 40.0 Å². The second kappa shape index (κ2) is 7.22. The Bertz CT molecular complexity index is 774. The van der Waals surface area contributed by atoms with Crippen LogP contribution in [-0.2, 0) is 0 Å². The Morgan fingerprint density at radius 3 is 2.92 bits per heavy atom. The van der Waals surface area contributed by atoms with Crippen LogP contribution >= 0.6 is 27.7 Å². The number of nitrogens with zero attached hydrogens (tertiary/aromatic N) is 3. The average molecular weight is 404 g/mol. The van der Waals surface area contributed by atoms with Gasteiger partial charge in [-0.1, -0.05) is 33.8 Å². The Hall–Kier alpha value is -1.42. The summed E-state index contributed by atoms with van der Waals surface area (Å²) < 4.78 is 15.7. The fourth-order valence-electron chi connectivity index (χ4n) is 3.60. The summed E-state index contributed by atoms with van der Waals surface area (Å²) in [5.74, 6) is 8.07. The summed E-state index contributed by atoms with van der Waals surface area (Å²) in [6.07, 6.45) is 2.54. The molecule has 0 radical (unpaired) electrons. The predicted octanol–water partition coefficient (Wildman–Crippen LogP) is 3.54. The molecule has 2 aromatic rings. The molecule has 0 spiro atoms. The maximum atomic E-state index is 5.82. The number of hydrogen-bond acceptors (Lipinski definition) is 5. The molecule has 3 aliphatic heterocycles. The van der Waals surface area contributed by atoms with Crippen LogP contribution in [0, 0.1) is 17.8 Å². The van der Waals surface area contributed by atoms with E-state index < -0.39 is 0 Å². The smallest absolute Gasteiger partial charge is 0.250 e. The SMILES string of the molecule is Brc1cccc(C#CCOc2nsnc2C2CN3CCC2CC3)c1. The summed E-state index contributed by atoms with van der Waals surface area (Å²) >= 11 is 4.70. The van der Waals surface area contributed by atoms with E-state index in [1.807, 2.05) is 24.3 Å². The second-order valence-electron chi connectivity index (χ2n) is 6.30. The van der Waals surface area contributed by atoms with E-state index in [1.165, 1.54) is 37.7 Å². The van der Waals surface area contributed by atoms with Gasteiger partial charge in [0.1, 0.15) is 5.69 Å². The van der Waals surface area contributed by atoms with Crippen molar-refractivity contribution in [1.29, 1.82) is 0 Å². The van der Waals surface area contributed by atoms with E-state index in [-0.39, 0.29) is 0 Å². The van der Waals surface area contributed by atoms with Crippen LogP contribution in [0.25, 0.3) is 0 Å². The molecule has 4 nitrogen and oxygen atoms in total.